The number of thiophene rings is 1. The van der Waals surface area contributed by atoms with Gasteiger partial charge >= 0.3 is 0 Å². The Labute approximate surface area is 129 Å². The third kappa shape index (κ3) is 2.78. The molecule has 1 unspecified atom stereocenters. The molecule has 3 saturated heterocycles. The summed E-state index contributed by atoms with van der Waals surface area (Å²) in [5, 5.41) is 15.8. The van der Waals surface area contributed by atoms with Crippen LogP contribution in [0.2, 0.25) is 0 Å². The first-order chi connectivity index (χ1) is 10.1. The van der Waals surface area contributed by atoms with E-state index in [-0.39, 0.29) is 18.4 Å². The first-order valence-corrected chi connectivity index (χ1v) is 8.42. The Morgan fingerprint density at radius 2 is 2.33 bits per heavy atom. The molecule has 4 rings (SSSR count). The van der Waals surface area contributed by atoms with E-state index in [2.05, 4.69) is 16.8 Å². The number of nitrogens with one attached hydrogen (secondary N) is 1. The molecule has 0 radical (unpaired) electrons. The van der Waals surface area contributed by atoms with Crippen molar-refractivity contribution in [3.63, 3.8) is 0 Å². The lowest BCUT2D eigenvalue weighted by Crippen LogP contribution is -2.59. The fourth-order valence-corrected chi connectivity index (χ4v) is 4.28. The summed E-state index contributed by atoms with van der Waals surface area (Å²) in [6, 6.07) is 3.83. The second kappa shape index (κ2) is 5.91. The number of aliphatic hydroxyl groups is 1. The molecule has 1 aromatic rings. The molecule has 0 spiro atoms. The smallest absolute Gasteiger partial charge is 0.258 e. The van der Waals surface area contributed by atoms with E-state index in [1.54, 1.807) is 6.08 Å². The lowest BCUT2D eigenvalue weighted by molar-refractivity contribution is -0.142. The number of nitrogens with zero attached hydrogens (tertiary/aromatic N) is 1. The predicted octanol–water partition coefficient (Wildman–Crippen LogP) is 1.72. The average Bonchev–Trinajstić information content (AvgIpc) is 3.03. The zero-order valence-corrected chi connectivity index (χ0v) is 12.9. The zero-order valence-electron chi connectivity index (χ0n) is 12.1. The number of hydrogen-bond donors (Lipinski definition) is 2. The highest BCUT2D eigenvalue weighted by Crippen LogP contribution is 2.32. The zero-order chi connectivity index (χ0) is 14.9. The van der Waals surface area contributed by atoms with Crippen LogP contribution in [0.1, 0.15) is 24.1 Å². The number of amides is 1. The van der Waals surface area contributed by atoms with E-state index in [1.165, 1.54) is 11.3 Å². The molecule has 1 aromatic heterocycles. The second-order valence-electron chi connectivity index (χ2n) is 6.05. The summed E-state index contributed by atoms with van der Waals surface area (Å²) >= 11 is 1.41. The van der Waals surface area contributed by atoms with Gasteiger partial charge in [-0.25, -0.2) is 0 Å². The maximum Gasteiger partial charge on any atom is 0.258 e. The first-order valence-electron chi connectivity index (χ1n) is 7.54. The number of hydrogen-bond acceptors (Lipinski definition) is 4. The highest BCUT2D eigenvalue weighted by atomic mass is 32.1. The number of rotatable bonds is 5. The van der Waals surface area contributed by atoms with Crippen LogP contribution in [0, 0.1) is 5.92 Å². The van der Waals surface area contributed by atoms with Gasteiger partial charge in [0.1, 0.15) is 0 Å². The molecule has 3 aliphatic heterocycles. The molecule has 2 atom stereocenters. The van der Waals surface area contributed by atoms with Gasteiger partial charge in [-0.1, -0.05) is 12.1 Å². The third-order valence-electron chi connectivity index (χ3n) is 4.72. The van der Waals surface area contributed by atoms with Crippen molar-refractivity contribution in [2.24, 2.45) is 5.92 Å². The molecule has 0 aliphatic carbocycles. The highest BCUT2D eigenvalue weighted by molar-refractivity contribution is 7.10. The highest BCUT2D eigenvalue weighted by Gasteiger charge is 2.42. The van der Waals surface area contributed by atoms with Crippen LogP contribution in [0.25, 0.3) is 0 Å². The SMILES string of the molecule is C=CCC(O)(C(=O)N[C@H]1CN2CCC1CC2)c1cccs1. The summed E-state index contributed by atoms with van der Waals surface area (Å²) in [7, 11) is 0. The Kier molecular flexibility index (Phi) is 4.15. The molecule has 2 bridgehead atoms. The molecule has 0 saturated carbocycles. The van der Waals surface area contributed by atoms with Gasteiger partial charge in [0.05, 0.1) is 0 Å². The molecule has 4 heterocycles. The average molecular weight is 306 g/mol. The van der Waals surface area contributed by atoms with Crippen molar-refractivity contribution in [1.29, 1.82) is 0 Å². The van der Waals surface area contributed by atoms with Crippen LogP contribution in [0.15, 0.2) is 30.2 Å². The summed E-state index contributed by atoms with van der Waals surface area (Å²) in [5.41, 5.74) is -1.48. The summed E-state index contributed by atoms with van der Waals surface area (Å²) < 4.78 is 0. The summed E-state index contributed by atoms with van der Waals surface area (Å²) in [6.07, 6.45) is 4.13. The maximum atomic E-state index is 12.7. The van der Waals surface area contributed by atoms with Gasteiger partial charge in [-0.3, -0.25) is 4.79 Å². The number of piperidine rings is 3. The van der Waals surface area contributed by atoms with Crippen LogP contribution >= 0.6 is 11.3 Å². The molecule has 2 N–H and O–H groups in total. The van der Waals surface area contributed by atoms with Crippen LogP contribution < -0.4 is 5.32 Å². The normalized spacial score (nSPS) is 30.6. The van der Waals surface area contributed by atoms with E-state index in [0.29, 0.717) is 10.8 Å². The van der Waals surface area contributed by atoms with Crippen molar-refractivity contribution in [2.75, 3.05) is 19.6 Å². The van der Waals surface area contributed by atoms with E-state index in [9.17, 15) is 9.90 Å². The van der Waals surface area contributed by atoms with Gasteiger partial charge in [0, 0.05) is 23.9 Å². The van der Waals surface area contributed by atoms with Crippen molar-refractivity contribution in [1.82, 2.24) is 10.2 Å². The largest absolute Gasteiger partial charge is 0.374 e. The minimum Gasteiger partial charge on any atom is -0.374 e. The lowest BCUT2D eigenvalue weighted by Gasteiger charge is -2.45. The minimum atomic E-state index is -1.48. The van der Waals surface area contributed by atoms with Crippen molar-refractivity contribution in [2.45, 2.75) is 30.9 Å². The molecule has 3 fully saturated rings. The van der Waals surface area contributed by atoms with Crippen LogP contribution in [0.5, 0.6) is 0 Å². The number of fused-ring (bicyclic) bond motifs is 3. The Bertz CT molecular complexity index is 508. The monoisotopic (exact) mass is 306 g/mol. The predicted molar refractivity (Wildman–Crippen MR) is 84.1 cm³/mol. The molecule has 21 heavy (non-hydrogen) atoms. The standard InChI is InChI=1S/C16H22N2O2S/c1-2-7-16(20,14-4-3-10-21-14)15(19)17-13-11-18-8-5-12(13)6-9-18/h2-4,10,12-13,20H,1,5-9,11H2,(H,17,19)/t13-,16?/m0/s1. The van der Waals surface area contributed by atoms with Gasteiger partial charge < -0.3 is 15.3 Å². The second-order valence-corrected chi connectivity index (χ2v) is 7.00. The quantitative estimate of drug-likeness (QED) is 0.815. The van der Waals surface area contributed by atoms with Gasteiger partial charge in [0.2, 0.25) is 0 Å². The van der Waals surface area contributed by atoms with Crippen molar-refractivity contribution < 1.29 is 9.90 Å². The number of carbonyl (C=O) groups is 1. The Morgan fingerprint density at radius 1 is 1.57 bits per heavy atom. The number of carbonyl (C=O) groups excluding carboxylic acids is 1. The molecule has 4 nitrogen and oxygen atoms in total. The van der Waals surface area contributed by atoms with Crippen molar-refractivity contribution in [3.8, 4) is 0 Å². The van der Waals surface area contributed by atoms with Gasteiger partial charge in [0.25, 0.3) is 5.91 Å². The Hall–Kier alpha value is -1.17. The molecule has 5 heteroatoms. The van der Waals surface area contributed by atoms with E-state index < -0.39 is 5.60 Å². The third-order valence-corrected chi connectivity index (χ3v) is 5.74. The van der Waals surface area contributed by atoms with E-state index in [1.807, 2.05) is 17.5 Å². The lowest BCUT2D eigenvalue weighted by atomic mass is 9.83. The molecule has 3 aliphatic rings. The van der Waals surface area contributed by atoms with Crippen LogP contribution in [-0.2, 0) is 10.4 Å². The molecular formula is C16H22N2O2S. The summed E-state index contributed by atoms with van der Waals surface area (Å²) in [5.74, 6) is 0.263. The first kappa shape index (κ1) is 14.8. The Balaban J connectivity index is 1.74. The van der Waals surface area contributed by atoms with E-state index >= 15 is 0 Å². The van der Waals surface area contributed by atoms with Crippen molar-refractivity contribution >= 4 is 17.2 Å². The Morgan fingerprint density at radius 3 is 2.86 bits per heavy atom. The van der Waals surface area contributed by atoms with Gasteiger partial charge in [-0.2, -0.15) is 0 Å². The van der Waals surface area contributed by atoms with Crippen LogP contribution in [0.4, 0.5) is 0 Å². The van der Waals surface area contributed by atoms with Gasteiger partial charge in [-0.05, 0) is 43.3 Å². The molecule has 1 amide bonds. The fraction of sp³-hybridized carbons (Fsp3) is 0.562. The minimum absolute atomic E-state index is 0.163. The molecule has 114 valence electrons. The van der Waals surface area contributed by atoms with Crippen molar-refractivity contribution in [3.05, 3.63) is 35.0 Å². The topological polar surface area (TPSA) is 52.6 Å². The molecule has 0 aromatic carbocycles. The summed E-state index contributed by atoms with van der Waals surface area (Å²) in [6.45, 7) is 6.86. The molecular weight excluding hydrogens is 284 g/mol. The van der Waals surface area contributed by atoms with Gasteiger partial charge in [0.15, 0.2) is 5.60 Å². The van der Waals surface area contributed by atoms with Crippen LogP contribution in [0.3, 0.4) is 0 Å². The maximum absolute atomic E-state index is 12.7. The van der Waals surface area contributed by atoms with E-state index in [0.717, 1.165) is 32.5 Å². The summed E-state index contributed by atoms with van der Waals surface area (Å²) in [4.78, 5) is 15.8. The van der Waals surface area contributed by atoms with Crippen LogP contribution in [-0.4, -0.2) is 41.6 Å². The van der Waals surface area contributed by atoms with Gasteiger partial charge in [-0.15, -0.1) is 17.9 Å². The fourth-order valence-electron chi connectivity index (χ4n) is 3.44. The van der Waals surface area contributed by atoms with E-state index in [4.69, 9.17) is 0 Å².